The third-order valence-corrected chi connectivity index (χ3v) is 9.90. The quantitative estimate of drug-likeness (QED) is 0.216. The molecule has 1 nitrogen and oxygen atoms in total. The van der Waals surface area contributed by atoms with Crippen LogP contribution in [0.4, 0.5) is 11.4 Å². The molecule has 2 heterocycles. The predicted octanol–water partition coefficient (Wildman–Crippen LogP) is 7.40. The van der Waals surface area contributed by atoms with Gasteiger partial charge in [0.25, 0.3) is 0 Å². The minimum absolute atomic E-state index is 0.229. The fourth-order valence-electron chi connectivity index (χ4n) is 7.01. The Hall–Kier alpha value is -4.27. The lowest BCUT2D eigenvalue weighted by molar-refractivity contribution is 0.851. The minimum atomic E-state index is 0.229. The van der Waals surface area contributed by atoms with Gasteiger partial charge in [-0.25, -0.2) is 0 Å². The van der Waals surface area contributed by atoms with E-state index in [9.17, 15) is 0 Å². The van der Waals surface area contributed by atoms with Gasteiger partial charge in [0.15, 0.2) is 0 Å². The van der Waals surface area contributed by atoms with Crippen LogP contribution < -0.4 is 15.3 Å². The molecule has 6 aromatic carbocycles. The van der Waals surface area contributed by atoms with E-state index in [2.05, 4.69) is 132 Å². The first-order valence-electron chi connectivity index (χ1n) is 13.3. The first-order valence-corrected chi connectivity index (χ1v) is 14.1. The van der Waals surface area contributed by atoms with Crippen LogP contribution in [0.25, 0.3) is 32.7 Å². The molecule has 0 saturated heterocycles. The van der Waals surface area contributed by atoms with E-state index in [-0.39, 0.29) is 6.04 Å². The summed E-state index contributed by atoms with van der Waals surface area (Å²) in [4.78, 5) is 4.02. The number of rotatable bonds is 1. The predicted molar refractivity (Wildman–Crippen MR) is 161 cm³/mol. The highest BCUT2D eigenvalue weighted by Crippen LogP contribution is 2.55. The molecule has 0 saturated carbocycles. The van der Waals surface area contributed by atoms with Crippen LogP contribution in [0.15, 0.2) is 132 Å². The number of hydrogen-bond donors (Lipinski definition) is 0. The Balaban J connectivity index is 1.34. The van der Waals surface area contributed by atoms with E-state index >= 15 is 0 Å². The second kappa shape index (κ2) is 7.63. The van der Waals surface area contributed by atoms with Crippen molar-refractivity contribution in [3.63, 3.8) is 0 Å². The van der Waals surface area contributed by atoms with Gasteiger partial charge in [0.2, 0.25) is 0 Å². The van der Waals surface area contributed by atoms with Crippen molar-refractivity contribution in [1.82, 2.24) is 0 Å². The second-order valence-corrected chi connectivity index (χ2v) is 11.6. The van der Waals surface area contributed by atoms with E-state index < -0.39 is 0 Å². The molecule has 1 aliphatic carbocycles. The zero-order valence-electron chi connectivity index (χ0n) is 20.6. The number of benzene rings is 6. The molecule has 2 aliphatic heterocycles. The highest BCUT2D eigenvalue weighted by Gasteiger charge is 2.47. The van der Waals surface area contributed by atoms with Crippen molar-refractivity contribution in [2.45, 2.75) is 16.2 Å². The van der Waals surface area contributed by atoms with Crippen LogP contribution in [0.2, 0.25) is 0 Å². The summed E-state index contributed by atoms with van der Waals surface area (Å²) in [6.07, 6.45) is 0. The van der Waals surface area contributed by atoms with Crippen LogP contribution >= 0.6 is 11.8 Å². The van der Waals surface area contributed by atoms with Crippen molar-refractivity contribution < 1.29 is 0 Å². The smallest absolute Gasteiger partial charge is 0.0767 e. The van der Waals surface area contributed by atoms with Gasteiger partial charge in [0.05, 0.1) is 11.3 Å². The van der Waals surface area contributed by atoms with Gasteiger partial charge in [-0.15, -0.1) is 11.8 Å². The lowest BCUT2D eigenvalue weighted by atomic mass is 9.84. The maximum absolute atomic E-state index is 2.62. The number of hydrogen-bond acceptors (Lipinski definition) is 2. The normalized spacial score (nSPS) is 18.8. The fraction of sp³-hybridized carbons (Fsp3) is 0.0556. The molecule has 3 aliphatic rings. The summed E-state index contributed by atoms with van der Waals surface area (Å²) in [5.41, 5.74) is 8.27. The molecule has 9 rings (SSSR count). The third kappa shape index (κ3) is 2.68. The van der Waals surface area contributed by atoms with E-state index in [0.717, 1.165) is 0 Å². The van der Waals surface area contributed by atoms with Crippen molar-refractivity contribution in [2.75, 3.05) is 4.90 Å². The Morgan fingerprint density at radius 1 is 0.526 bits per heavy atom. The summed E-state index contributed by atoms with van der Waals surface area (Å²) < 4.78 is 0. The lowest BCUT2D eigenvalue weighted by Gasteiger charge is -2.35. The highest BCUT2D eigenvalue weighted by atomic mass is 32.2. The van der Waals surface area contributed by atoms with Crippen LogP contribution in [0.3, 0.4) is 0 Å². The minimum Gasteiger partial charge on any atom is -0.332 e. The molecular formula is C36H23NS. The van der Waals surface area contributed by atoms with Crippen molar-refractivity contribution in [2.24, 2.45) is 0 Å². The monoisotopic (exact) mass is 501 g/mol. The molecule has 2 heteroatoms. The second-order valence-electron chi connectivity index (χ2n) is 10.4. The molecule has 0 aromatic heterocycles. The van der Waals surface area contributed by atoms with E-state index in [0.29, 0.717) is 5.25 Å². The van der Waals surface area contributed by atoms with Crippen LogP contribution in [-0.4, -0.2) is 11.3 Å². The zero-order valence-corrected chi connectivity index (χ0v) is 21.5. The third-order valence-electron chi connectivity index (χ3n) is 8.54. The topological polar surface area (TPSA) is 3.24 Å². The Kier molecular flexibility index (Phi) is 4.16. The molecule has 0 amide bonds. The van der Waals surface area contributed by atoms with Crippen molar-refractivity contribution >= 4 is 55.8 Å². The van der Waals surface area contributed by atoms with Crippen LogP contribution in [0, 0.1) is 0 Å². The van der Waals surface area contributed by atoms with E-state index in [1.807, 2.05) is 11.8 Å². The van der Waals surface area contributed by atoms with Gasteiger partial charge in [-0.1, -0.05) is 103 Å². The molecule has 0 N–H and O–H groups in total. The SMILES string of the molecule is c1ccc2c(c1)SC1C2=c2ccccc2=C2c3ccccc3N(c3ccc4c(ccc5ccccc54)c3)C21. The first kappa shape index (κ1) is 20.7. The standard InChI is InChI=1S/C36H23NS/c1-2-10-25-22(9-1)17-18-23-21-24(19-20-26(23)25)37-31-15-7-5-13-29(31)33-27-11-3-4-12-28(27)34-30-14-6-8-16-32(30)38-36(34)35(33)37/h1-21,35-36H. The summed E-state index contributed by atoms with van der Waals surface area (Å²) in [6, 6.07) is 47.5. The van der Waals surface area contributed by atoms with E-state index in [1.165, 1.54) is 70.5 Å². The largest absolute Gasteiger partial charge is 0.332 e. The molecule has 2 unspecified atom stereocenters. The highest BCUT2D eigenvalue weighted by molar-refractivity contribution is 8.01. The molecule has 0 bridgehead atoms. The van der Waals surface area contributed by atoms with Crippen molar-refractivity contribution in [3.05, 3.63) is 149 Å². The Bertz CT molecular complexity index is 2090. The van der Waals surface area contributed by atoms with Crippen LogP contribution in [-0.2, 0) is 0 Å². The Morgan fingerprint density at radius 3 is 2.13 bits per heavy atom. The maximum atomic E-state index is 2.62. The average Bonchev–Trinajstić information content (AvgIpc) is 3.54. The number of fused-ring (bicyclic) bond motifs is 11. The maximum Gasteiger partial charge on any atom is 0.0767 e. The molecule has 178 valence electrons. The molecule has 6 aromatic rings. The fourth-order valence-corrected chi connectivity index (χ4v) is 8.50. The van der Waals surface area contributed by atoms with Gasteiger partial charge in [-0.3, -0.25) is 0 Å². The van der Waals surface area contributed by atoms with Crippen LogP contribution in [0.1, 0.15) is 11.1 Å². The van der Waals surface area contributed by atoms with E-state index in [4.69, 9.17) is 0 Å². The molecule has 0 spiro atoms. The summed E-state index contributed by atoms with van der Waals surface area (Å²) in [6.45, 7) is 0. The van der Waals surface area contributed by atoms with Gasteiger partial charge in [0, 0.05) is 21.8 Å². The van der Waals surface area contributed by atoms with Gasteiger partial charge in [-0.05, 0) is 73.0 Å². The molecular weight excluding hydrogens is 478 g/mol. The average molecular weight is 502 g/mol. The molecule has 2 atom stereocenters. The zero-order chi connectivity index (χ0) is 24.8. The summed E-state index contributed by atoms with van der Waals surface area (Å²) in [5, 5.41) is 8.30. The van der Waals surface area contributed by atoms with Crippen molar-refractivity contribution in [1.29, 1.82) is 0 Å². The number of para-hydroxylation sites is 1. The molecule has 0 fully saturated rings. The lowest BCUT2D eigenvalue weighted by Crippen LogP contribution is -2.47. The van der Waals surface area contributed by atoms with Gasteiger partial charge in [-0.2, -0.15) is 0 Å². The van der Waals surface area contributed by atoms with E-state index in [1.54, 1.807) is 0 Å². The number of anilines is 2. The molecule has 0 radical (unpaired) electrons. The first-order chi connectivity index (χ1) is 18.9. The number of thioether (sulfide) groups is 1. The summed E-state index contributed by atoms with van der Waals surface area (Å²) >= 11 is 2.04. The van der Waals surface area contributed by atoms with Gasteiger partial charge in [0.1, 0.15) is 0 Å². The van der Waals surface area contributed by atoms with Gasteiger partial charge < -0.3 is 4.90 Å². The Labute approximate surface area is 225 Å². The summed E-state index contributed by atoms with van der Waals surface area (Å²) in [7, 11) is 0. The van der Waals surface area contributed by atoms with Crippen molar-refractivity contribution in [3.8, 4) is 0 Å². The molecule has 38 heavy (non-hydrogen) atoms. The van der Waals surface area contributed by atoms with Gasteiger partial charge >= 0.3 is 0 Å². The van der Waals surface area contributed by atoms with Crippen LogP contribution in [0.5, 0.6) is 0 Å². The summed E-state index contributed by atoms with van der Waals surface area (Å²) in [5.74, 6) is 0. The Morgan fingerprint density at radius 2 is 1.21 bits per heavy atom. The number of nitrogens with zero attached hydrogens (tertiary/aromatic N) is 1.